The smallest absolute Gasteiger partial charge is 0.152 e. The Balaban J connectivity index is 1.93. The molecular weight excluding hydrogens is 238 g/mol. The van der Waals surface area contributed by atoms with Crippen LogP contribution in [0, 0.1) is 0 Å². The first-order chi connectivity index (χ1) is 8.09. The summed E-state index contributed by atoms with van der Waals surface area (Å²) in [5, 5.41) is 8.93. The molecule has 0 atom stereocenters. The molecule has 1 aromatic carbocycles. The molecule has 94 valence electrons. The Morgan fingerprint density at radius 2 is 1.59 bits per heavy atom. The molecule has 0 unspecified atom stereocenters. The zero-order valence-corrected chi connectivity index (χ0v) is 10.5. The van der Waals surface area contributed by atoms with Gasteiger partial charge in [-0.2, -0.15) is 0 Å². The normalized spacial score (nSPS) is 20.3. The minimum atomic E-state index is -2.79. The SMILES string of the molecule is O=S1(=O)CCN(Cc2ccc(CO)cc2)CC1. The van der Waals surface area contributed by atoms with Gasteiger partial charge in [0.05, 0.1) is 18.1 Å². The highest BCUT2D eigenvalue weighted by atomic mass is 32.2. The van der Waals surface area contributed by atoms with E-state index in [9.17, 15) is 8.42 Å². The number of hydrogen-bond donors (Lipinski definition) is 1. The second-order valence-corrected chi connectivity index (χ2v) is 6.71. The topological polar surface area (TPSA) is 57.6 Å². The van der Waals surface area contributed by atoms with E-state index in [1.54, 1.807) is 0 Å². The highest BCUT2D eigenvalue weighted by Gasteiger charge is 2.21. The lowest BCUT2D eigenvalue weighted by molar-refractivity contribution is 0.280. The minimum Gasteiger partial charge on any atom is -0.392 e. The van der Waals surface area contributed by atoms with E-state index in [1.165, 1.54) is 0 Å². The van der Waals surface area contributed by atoms with Crippen molar-refractivity contribution in [2.24, 2.45) is 0 Å². The number of sulfone groups is 1. The van der Waals surface area contributed by atoms with Crippen molar-refractivity contribution in [2.45, 2.75) is 13.2 Å². The van der Waals surface area contributed by atoms with Gasteiger partial charge in [-0.25, -0.2) is 8.42 Å². The van der Waals surface area contributed by atoms with Crippen LogP contribution in [0.15, 0.2) is 24.3 Å². The minimum absolute atomic E-state index is 0.0578. The number of rotatable bonds is 3. The van der Waals surface area contributed by atoms with Crippen molar-refractivity contribution >= 4 is 9.84 Å². The Bertz CT molecular complexity index is 453. The van der Waals surface area contributed by atoms with Gasteiger partial charge in [0.15, 0.2) is 9.84 Å². The summed E-state index contributed by atoms with van der Waals surface area (Å²) in [7, 11) is -2.79. The summed E-state index contributed by atoms with van der Waals surface area (Å²) >= 11 is 0. The molecule has 0 aliphatic carbocycles. The quantitative estimate of drug-likeness (QED) is 0.850. The van der Waals surface area contributed by atoms with Gasteiger partial charge in [-0.15, -0.1) is 0 Å². The highest BCUT2D eigenvalue weighted by molar-refractivity contribution is 7.91. The third-order valence-electron chi connectivity index (χ3n) is 3.05. The maximum atomic E-state index is 11.3. The summed E-state index contributed by atoms with van der Waals surface area (Å²) in [4.78, 5) is 2.15. The lowest BCUT2D eigenvalue weighted by Gasteiger charge is -2.26. The molecule has 1 saturated heterocycles. The van der Waals surface area contributed by atoms with Crippen molar-refractivity contribution in [3.63, 3.8) is 0 Å². The first kappa shape index (κ1) is 12.5. The first-order valence-electron chi connectivity index (χ1n) is 5.70. The predicted molar refractivity (Wildman–Crippen MR) is 66.3 cm³/mol. The van der Waals surface area contributed by atoms with Crippen LogP contribution < -0.4 is 0 Å². The standard InChI is InChI=1S/C12H17NO3S/c14-10-12-3-1-11(2-4-12)9-13-5-7-17(15,16)8-6-13/h1-4,14H,5-10H2. The van der Waals surface area contributed by atoms with E-state index in [1.807, 2.05) is 24.3 Å². The van der Waals surface area contributed by atoms with Gasteiger partial charge in [0, 0.05) is 19.6 Å². The molecule has 17 heavy (non-hydrogen) atoms. The Hall–Kier alpha value is -0.910. The maximum Gasteiger partial charge on any atom is 0.152 e. The van der Waals surface area contributed by atoms with Gasteiger partial charge in [-0.1, -0.05) is 24.3 Å². The van der Waals surface area contributed by atoms with Crippen LogP contribution in [0.25, 0.3) is 0 Å². The molecule has 1 N–H and O–H groups in total. The summed E-state index contributed by atoms with van der Waals surface area (Å²) in [6.45, 7) is 2.07. The Kier molecular flexibility index (Phi) is 3.81. The second kappa shape index (κ2) is 5.16. The van der Waals surface area contributed by atoms with E-state index in [4.69, 9.17) is 5.11 Å². The molecule has 0 spiro atoms. The number of hydrogen-bond acceptors (Lipinski definition) is 4. The number of aliphatic hydroxyl groups excluding tert-OH is 1. The third kappa shape index (κ3) is 3.52. The molecule has 2 rings (SSSR count). The molecule has 0 aromatic heterocycles. The zero-order chi connectivity index (χ0) is 12.3. The fourth-order valence-electron chi connectivity index (χ4n) is 1.92. The monoisotopic (exact) mass is 255 g/mol. The molecule has 1 fully saturated rings. The van der Waals surface area contributed by atoms with E-state index < -0.39 is 9.84 Å². The van der Waals surface area contributed by atoms with Crippen molar-refractivity contribution in [2.75, 3.05) is 24.6 Å². The van der Waals surface area contributed by atoms with Crippen LogP contribution in [0.5, 0.6) is 0 Å². The van der Waals surface area contributed by atoms with E-state index in [0.717, 1.165) is 17.7 Å². The zero-order valence-electron chi connectivity index (χ0n) is 9.67. The lowest BCUT2D eigenvalue weighted by atomic mass is 10.1. The van der Waals surface area contributed by atoms with E-state index in [-0.39, 0.29) is 18.1 Å². The maximum absolute atomic E-state index is 11.3. The van der Waals surface area contributed by atoms with Crippen molar-refractivity contribution < 1.29 is 13.5 Å². The molecule has 5 heteroatoms. The van der Waals surface area contributed by atoms with Crippen LogP contribution in [-0.2, 0) is 23.0 Å². The van der Waals surface area contributed by atoms with E-state index in [0.29, 0.717) is 13.1 Å². The van der Waals surface area contributed by atoms with Crippen molar-refractivity contribution in [1.29, 1.82) is 0 Å². The van der Waals surface area contributed by atoms with Crippen LogP contribution in [-0.4, -0.2) is 43.0 Å². The Morgan fingerprint density at radius 1 is 1.06 bits per heavy atom. The summed E-state index contributed by atoms with van der Waals surface area (Å²) < 4.78 is 22.6. The average molecular weight is 255 g/mol. The second-order valence-electron chi connectivity index (χ2n) is 4.40. The number of nitrogens with zero attached hydrogens (tertiary/aromatic N) is 1. The molecule has 0 amide bonds. The molecule has 0 saturated carbocycles. The van der Waals surface area contributed by atoms with Gasteiger partial charge in [0.1, 0.15) is 0 Å². The van der Waals surface area contributed by atoms with Crippen LogP contribution in [0.2, 0.25) is 0 Å². The van der Waals surface area contributed by atoms with E-state index >= 15 is 0 Å². The molecular formula is C12H17NO3S. The molecule has 1 heterocycles. The first-order valence-corrected chi connectivity index (χ1v) is 7.53. The highest BCUT2D eigenvalue weighted by Crippen LogP contribution is 2.11. The molecule has 0 bridgehead atoms. The van der Waals surface area contributed by atoms with Gasteiger partial charge < -0.3 is 5.11 Å². The van der Waals surface area contributed by atoms with Gasteiger partial charge in [-0.05, 0) is 11.1 Å². The van der Waals surface area contributed by atoms with E-state index in [2.05, 4.69) is 4.90 Å². The van der Waals surface area contributed by atoms with Crippen LogP contribution >= 0.6 is 0 Å². The summed E-state index contributed by atoms with van der Waals surface area (Å²) in [5.41, 5.74) is 2.05. The average Bonchev–Trinajstić information content (AvgIpc) is 2.33. The number of aliphatic hydroxyl groups is 1. The number of benzene rings is 1. The van der Waals surface area contributed by atoms with Gasteiger partial charge in [-0.3, -0.25) is 4.90 Å². The predicted octanol–water partition coefficient (Wildman–Crippen LogP) is 0.409. The summed E-state index contributed by atoms with van der Waals surface area (Å²) in [6, 6.07) is 7.76. The fourth-order valence-corrected chi connectivity index (χ4v) is 3.19. The van der Waals surface area contributed by atoms with Crippen LogP contribution in [0.3, 0.4) is 0 Å². The summed E-state index contributed by atoms with van der Waals surface area (Å²) in [6.07, 6.45) is 0. The van der Waals surface area contributed by atoms with Crippen molar-refractivity contribution in [3.05, 3.63) is 35.4 Å². The molecule has 4 nitrogen and oxygen atoms in total. The largest absolute Gasteiger partial charge is 0.392 e. The molecule has 1 aliphatic heterocycles. The van der Waals surface area contributed by atoms with Gasteiger partial charge >= 0.3 is 0 Å². The molecule has 1 aromatic rings. The molecule has 0 radical (unpaired) electrons. The van der Waals surface area contributed by atoms with Gasteiger partial charge in [0.25, 0.3) is 0 Å². The van der Waals surface area contributed by atoms with Crippen molar-refractivity contribution in [3.8, 4) is 0 Å². The summed E-state index contributed by atoms with van der Waals surface area (Å²) in [5.74, 6) is 0.531. The van der Waals surface area contributed by atoms with Gasteiger partial charge in [0.2, 0.25) is 0 Å². The third-order valence-corrected chi connectivity index (χ3v) is 4.66. The molecule has 1 aliphatic rings. The lowest BCUT2D eigenvalue weighted by Crippen LogP contribution is -2.39. The van der Waals surface area contributed by atoms with Crippen LogP contribution in [0.4, 0.5) is 0 Å². The van der Waals surface area contributed by atoms with Crippen molar-refractivity contribution in [1.82, 2.24) is 4.90 Å². The fraction of sp³-hybridized carbons (Fsp3) is 0.500. The Labute approximate surface area is 102 Å². The van der Waals surface area contributed by atoms with Crippen LogP contribution in [0.1, 0.15) is 11.1 Å². The Morgan fingerprint density at radius 3 is 2.12 bits per heavy atom.